The zero-order valence-corrected chi connectivity index (χ0v) is 16.7. The van der Waals surface area contributed by atoms with Crippen LogP contribution in [0.15, 0.2) is 0 Å². The van der Waals surface area contributed by atoms with Crippen molar-refractivity contribution in [2.45, 2.75) is 52.7 Å². The Morgan fingerprint density at radius 1 is 0.923 bits per heavy atom. The highest BCUT2D eigenvalue weighted by molar-refractivity contribution is 5.71. The molecule has 0 aromatic carbocycles. The van der Waals surface area contributed by atoms with Crippen LogP contribution in [0, 0.1) is 11.8 Å². The molecule has 2 saturated heterocycles. The zero-order valence-electron chi connectivity index (χ0n) is 16.7. The number of rotatable bonds is 2. The van der Waals surface area contributed by atoms with E-state index in [1.807, 2.05) is 41.5 Å². The quantitative estimate of drug-likeness (QED) is 0.744. The summed E-state index contributed by atoms with van der Waals surface area (Å²) in [4.78, 5) is 36.0. The molecule has 0 aromatic rings. The van der Waals surface area contributed by atoms with Crippen LogP contribution in [0.4, 0.5) is 9.59 Å². The van der Waals surface area contributed by atoms with Crippen molar-refractivity contribution in [2.24, 2.45) is 11.8 Å². The predicted octanol–water partition coefficient (Wildman–Crippen LogP) is 1.90. The molecule has 2 aliphatic rings. The number of hydrogen-bond acceptors (Lipinski definition) is 6. The second kappa shape index (κ2) is 8.70. The number of aliphatic hydroxyl groups excluding tert-OH is 1. The number of nitrogens with zero attached hydrogens (tertiary/aromatic N) is 2. The number of carbonyl (C=O) groups is 3. The Balaban J connectivity index is 0.000000260. The van der Waals surface area contributed by atoms with Gasteiger partial charge in [-0.15, -0.1) is 0 Å². The fraction of sp³-hybridized carbons (Fsp3) is 0.833. The Bertz CT molecular complexity index is 497. The molecule has 2 aliphatic heterocycles. The van der Waals surface area contributed by atoms with Gasteiger partial charge in [-0.05, 0) is 41.5 Å². The number of ether oxygens (including phenoxy) is 2. The van der Waals surface area contributed by atoms with E-state index >= 15 is 0 Å². The van der Waals surface area contributed by atoms with Gasteiger partial charge in [0.15, 0.2) is 0 Å². The van der Waals surface area contributed by atoms with E-state index in [0.717, 1.165) is 6.29 Å². The fourth-order valence-electron chi connectivity index (χ4n) is 2.24. The van der Waals surface area contributed by atoms with Gasteiger partial charge in [0.1, 0.15) is 17.5 Å². The van der Waals surface area contributed by atoms with Gasteiger partial charge in [0.25, 0.3) is 0 Å². The predicted molar refractivity (Wildman–Crippen MR) is 95.7 cm³/mol. The summed E-state index contributed by atoms with van der Waals surface area (Å²) >= 11 is 0. The van der Waals surface area contributed by atoms with Crippen LogP contribution >= 0.6 is 0 Å². The topological polar surface area (TPSA) is 96.4 Å². The first-order valence-corrected chi connectivity index (χ1v) is 8.86. The number of hydrogen-bond donors (Lipinski definition) is 1. The molecule has 0 bridgehead atoms. The van der Waals surface area contributed by atoms with Crippen molar-refractivity contribution < 1.29 is 29.0 Å². The number of aldehydes is 1. The average Bonchev–Trinajstić information content (AvgIpc) is 2.32. The largest absolute Gasteiger partial charge is 0.444 e. The lowest BCUT2D eigenvalue weighted by molar-refractivity contribution is -0.115. The van der Waals surface area contributed by atoms with Crippen molar-refractivity contribution in [1.29, 1.82) is 0 Å². The van der Waals surface area contributed by atoms with Gasteiger partial charge < -0.3 is 29.2 Å². The summed E-state index contributed by atoms with van der Waals surface area (Å²) < 4.78 is 10.2. The highest BCUT2D eigenvalue weighted by Gasteiger charge is 2.33. The standard InChI is InChI=1S/C9H17NO3.C9H15NO3/c2*1-9(2,3)13-8(12)10-4-7(5-10)6-11/h7,11H,4-6H2,1-3H3;6-7H,4-5H2,1-3H3. The second-order valence-corrected chi connectivity index (χ2v) is 8.72. The number of amides is 2. The van der Waals surface area contributed by atoms with Crippen LogP contribution in [0.3, 0.4) is 0 Å². The van der Waals surface area contributed by atoms with Crippen molar-refractivity contribution in [1.82, 2.24) is 9.80 Å². The minimum Gasteiger partial charge on any atom is -0.444 e. The summed E-state index contributed by atoms with van der Waals surface area (Å²) in [5.74, 6) is 0.250. The van der Waals surface area contributed by atoms with Gasteiger partial charge in [-0.25, -0.2) is 9.59 Å². The third-order valence-corrected chi connectivity index (χ3v) is 3.62. The Morgan fingerprint density at radius 2 is 1.31 bits per heavy atom. The Labute approximate surface area is 155 Å². The normalized spacial score (nSPS) is 18.1. The maximum absolute atomic E-state index is 11.3. The van der Waals surface area contributed by atoms with E-state index in [1.54, 1.807) is 4.90 Å². The van der Waals surface area contributed by atoms with E-state index < -0.39 is 11.2 Å². The smallest absolute Gasteiger partial charge is 0.410 e. The first kappa shape index (κ1) is 22.2. The molecular weight excluding hydrogens is 340 g/mol. The molecule has 0 aromatic heterocycles. The van der Waals surface area contributed by atoms with Gasteiger partial charge in [-0.1, -0.05) is 0 Å². The third-order valence-electron chi connectivity index (χ3n) is 3.62. The summed E-state index contributed by atoms with van der Waals surface area (Å²) in [5.41, 5.74) is -0.884. The van der Waals surface area contributed by atoms with Crippen molar-refractivity contribution in [2.75, 3.05) is 32.8 Å². The van der Waals surface area contributed by atoms with E-state index in [1.165, 1.54) is 4.90 Å². The highest BCUT2D eigenvalue weighted by atomic mass is 16.6. The summed E-state index contributed by atoms with van der Waals surface area (Å²) in [6, 6.07) is 0. The van der Waals surface area contributed by atoms with Crippen molar-refractivity contribution >= 4 is 18.5 Å². The van der Waals surface area contributed by atoms with Gasteiger partial charge in [-0.2, -0.15) is 0 Å². The lowest BCUT2D eigenvalue weighted by atomic mass is 10.0. The van der Waals surface area contributed by atoms with Gasteiger partial charge in [0.2, 0.25) is 0 Å². The maximum atomic E-state index is 11.3. The van der Waals surface area contributed by atoms with Gasteiger partial charge in [0.05, 0.1) is 5.92 Å². The molecule has 8 nitrogen and oxygen atoms in total. The van der Waals surface area contributed by atoms with Crippen molar-refractivity contribution in [3.8, 4) is 0 Å². The lowest BCUT2D eigenvalue weighted by Crippen LogP contribution is -2.52. The fourth-order valence-corrected chi connectivity index (χ4v) is 2.24. The van der Waals surface area contributed by atoms with Crippen LogP contribution in [-0.2, 0) is 14.3 Å². The summed E-state index contributed by atoms with van der Waals surface area (Å²) in [5, 5.41) is 8.74. The van der Waals surface area contributed by atoms with E-state index in [9.17, 15) is 14.4 Å². The highest BCUT2D eigenvalue weighted by Crippen LogP contribution is 2.19. The zero-order chi connectivity index (χ0) is 20.1. The Hall–Kier alpha value is -1.83. The molecule has 0 spiro atoms. The molecule has 8 heteroatoms. The van der Waals surface area contributed by atoms with Crippen LogP contribution in [0.1, 0.15) is 41.5 Å². The van der Waals surface area contributed by atoms with Gasteiger partial charge in [0, 0.05) is 38.7 Å². The molecule has 0 radical (unpaired) electrons. The van der Waals surface area contributed by atoms with Crippen LogP contribution in [0.25, 0.3) is 0 Å². The molecule has 0 atom stereocenters. The molecule has 0 unspecified atom stereocenters. The van der Waals surface area contributed by atoms with Crippen molar-refractivity contribution in [3.63, 3.8) is 0 Å². The molecule has 2 rings (SSSR count). The van der Waals surface area contributed by atoms with E-state index in [4.69, 9.17) is 14.6 Å². The first-order valence-electron chi connectivity index (χ1n) is 8.86. The molecule has 2 fully saturated rings. The first-order chi connectivity index (χ1) is 11.8. The van der Waals surface area contributed by atoms with Crippen LogP contribution in [0.2, 0.25) is 0 Å². The van der Waals surface area contributed by atoms with Crippen molar-refractivity contribution in [3.05, 3.63) is 0 Å². The van der Waals surface area contributed by atoms with Crippen LogP contribution in [-0.4, -0.2) is 77.4 Å². The number of carbonyl (C=O) groups excluding carboxylic acids is 3. The molecular formula is C18H32N2O6. The Morgan fingerprint density at radius 3 is 1.62 bits per heavy atom. The van der Waals surface area contributed by atoms with Crippen LogP contribution < -0.4 is 0 Å². The maximum Gasteiger partial charge on any atom is 0.410 e. The molecule has 0 aliphatic carbocycles. The SMILES string of the molecule is CC(C)(C)OC(=O)N1CC(C=O)C1.CC(C)(C)OC(=O)N1CC(CO)C1. The molecule has 2 heterocycles. The number of likely N-dealkylation sites (tertiary alicyclic amines) is 2. The summed E-state index contributed by atoms with van der Waals surface area (Å²) in [7, 11) is 0. The second-order valence-electron chi connectivity index (χ2n) is 8.72. The molecule has 26 heavy (non-hydrogen) atoms. The van der Waals surface area contributed by atoms with Gasteiger partial charge >= 0.3 is 12.2 Å². The number of aliphatic hydroxyl groups is 1. The molecule has 2 amide bonds. The van der Waals surface area contributed by atoms with E-state index in [-0.39, 0.29) is 30.6 Å². The molecule has 150 valence electrons. The van der Waals surface area contributed by atoms with Crippen LogP contribution in [0.5, 0.6) is 0 Å². The third kappa shape index (κ3) is 7.59. The average molecular weight is 372 g/mol. The molecule has 0 saturated carbocycles. The Kier molecular flexibility index (Phi) is 7.44. The minimum absolute atomic E-state index is 0.00696. The lowest BCUT2D eigenvalue weighted by Gasteiger charge is -2.38. The monoisotopic (exact) mass is 372 g/mol. The minimum atomic E-state index is -0.455. The summed E-state index contributed by atoms with van der Waals surface area (Å²) in [6.45, 7) is 13.4. The van der Waals surface area contributed by atoms with E-state index in [0.29, 0.717) is 26.2 Å². The van der Waals surface area contributed by atoms with E-state index in [2.05, 4.69) is 0 Å². The summed E-state index contributed by atoms with van der Waals surface area (Å²) in [6.07, 6.45) is 0.267. The molecule has 1 N–H and O–H groups in total. The van der Waals surface area contributed by atoms with Gasteiger partial charge in [-0.3, -0.25) is 0 Å².